The van der Waals surface area contributed by atoms with Crippen molar-refractivity contribution in [1.29, 1.82) is 0 Å². The van der Waals surface area contributed by atoms with Gasteiger partial charge in [0.2, 0.25) is 0 Å². The molecule has 0 amide bonds. The number of rotatable bonds is 4. The molecule has 0 bridgehead atoms. The van der Waals surface area contributed by atoms with Crippen molar-refractivity contribution in [3.8, 4) is 0 Å². The second-order valence-corrected chi connectivity index (χ2v) is 2.37. The molecule has 1 fully saturated rings. The first-order chi connectivity index (χ1) is 4.33. The van der Waals surface area contributed by atoms with Gasteiger partial charge in [-0.15, -0.1) is 0 Å². The molecule has 0 spiro atoms. The molecule has 3 nitrogen and oxygen atoms in total. The smallest absolute Gasteiger partial charge is 0.100 e. The van der Waals surface area contributed by atoms with Gasteiger partial charge in [-0.05, 0) is 12.8 Å². The van der Waals surface area contributed by atoms with Crippen molar-refractivity contribution >= 4 is 0 Å². The fourth-order valence-corrected chi connectivity index (χ4v) is 0.535. The van der Waals surface area contributed by atoms with Crippen LogP contribution in [0.2, 0.25) is 0 Å². The Kier molecular flexibility index (Phi) is 2.45. The molecule has 3 heteroatoms. The highest BCUT2D eigenvalue weighted by atomic mass is 16.5. The molecule has 9 heavy (non-hydrogen) atoms. The molecular weight excluding hydrogens is 120 g/mol. The van der Waals surface area contributed by atoms with Gasteiger partial charge in [0.25, 0.3) is 0 Å². The fraction of sp³-hybridized carbons (Fsp3) is 1.00. The number of aliphatic hydroxyl groups excluding tert-OH is 2. The highest BCUT2D eigenvalue weighted by molar-refractivity contribution is 4.73. The second kappa shape index (κ2) is 3.15. The lowest BCUT2D eigenvalue weighted by atomic mass is 10.4. The molecule has 2 N–H and O–H groups in total. The van der Waals surface area contributed by atoms with Crippen LogP contribution in [-0.4, -0.2) is 35.6 Å². The van der Waals surface area contributed by atoms with Crippen LogP contribution in [0.15, 0.2) is 0 Å². The van der Waals surface area contributed by atoms with Crippen LogP contribution in [0.1, 0.15) is 12.8 Å². The summed E-state index contributed by atoms with van der Waals surface area (Å²) in [5, 5.41) is 17.1. The molecule has 1 rings (SSSR count). The zero-order chi connectivity index (χ0) is 6.69. The van der Waals surface area contributed by atoms with Crippen LogP contribution in [0.4, 0.5) is 0 Å². The number of hydrogen-bond donors (Lipinski definition) is 2. The maximum atomic E-state index is 8.76. The van der Waals surface area contributed by atoms with E-state index >= 15 is 0 Å². The zero-order valence-electron chi connectivity index (χ0n) is 5.29. The Morgan fingerprint density at radius 1 is 1.56 bits per heavy atom. The molecule has 1 saturated carbocycles. The Hall–Kier alpha value is -0.120. The van der Waals surface area contributed by atoms with Crippen molar-refractivity contribution in [3.63, 3.8) is 0 Å². The van der Waals surface area contributed by atoms with E-state index in [9.17, 15) is 0 Å². The Labute approximate surface area is 54.3 Å². The van der Waals surface area contributed by atoms with E-state index < -0.39 is 6.10 Å². The summed E-state index contributed by atoms with van der Waals surface area (Å²) in [4.78, 5) is 0. The molecule has 0 aliphatic heterocycles. The normalized spacial score (nSPS) is 22.0. The molecule has 1 atom stereocenters. The van der Waals surface area contributed by atoms with Crippen LogP contribution in [0.3, 0.4) is 0 Å². The Morgan fingerprint density at radius 2 is 2.22 bits per heavy atom. The fourth-order valence-electron chi connectivity index (χ4n) is 0.535. The molecule has 1 aliphatic rings. The van der Waals surface area contributed by atoms with Crippen LogP contribution in [0.25, 0.3) is 0 Å². The van der Waals surface area contributed by atoms with Crippen LogP contribution in [0, 0.1) is 0 Å². The van der Waals surface area contributed by atoms with Gasteiger partial charge in [-0.2, -0.15) is 0 Å². The van der Waals surface area contributed by atoms with E-state index in [0.29, 0.717) is 6.10 Å². The highest BCUT2D eigenvalue weighted by Gasteiger charge is 2.22. The number of ether oxygens (including phenoxy) is 1. The van der Waals surface area contributed by atoms with E-state index in [1.165, 1.54) is 0 Å². The lowest BCUT2D eigenvalue weighted by Crippen LogP contribution is -2.19. The van der Waals surface area contributed by atoms with Crippen LogP contribution in [-0.2, 0) is 4.74 Å². The van der Waals surface area contributed by atoms with Gasteiger partial charge >= 0.3 is 0 Å². The van der Waals surface area contributed by atoms with Crippen LogP contribution >= 0.6 is 0 Å². The summed E-state index contributed by atoms with van der Waals surface area (Å²) < 4.78 is 5.10. The Morgan fingerprint density at radius 3 is 2.67 bits per heavy atom. The van der Waals surface area contributed by atoms with Crippen LogP contribution in [0.5, 0.6) is 0 Å². The highest BCUT2D eigenvalue weighted by Crippen LogP contribution is 2.23. The summed E-state index contributed by atoms with van der Waals surface area (Å²) in [6.45, 7) is 0.0773. The molecule has 1 aliphatic carbocycles. The maximum Gasteiger partial charge on any atom is 0.100 e. The van der Waals surface area contributed by atoms with Crippen LogP contribution < -0.4 is 0 Å². The SMILES string of the molecule is OCC(O)COC1CC1. The Balaban J connectivity index is 1.90. The maximum absolute atomic E-state index is 8.76. The van der Waals surface area contributed by atoms with Gasteiger partial charge in [0.15, 0.2) is 0 Å². The zero-order valence-corrected chi connectivity index (χ0v) is 5.29. The topological polar surface area (TPSA) is 49.7 Å². The third kappa shape index (κ3) is 2.79. The van der Waals surface area contributed by atoms with E-state index in [1.807, 2.05) is 0 Å². The molecule has 0 heterocycles. The van der Waals surface area contributed by atoms with E-state index in [1.54, 1.807) is 0 Å². The van der Waals surface area contributed by atoms with Gasteiger partial charge < -0.3 is 14.9 Å². The predicted molar refractivity (Wildman–Crippen MR) is 32.1 cm³/mol. The molecule has 0 radical (unpaired) electrons. The van der Waals surface area contributed by atoms with Crippen molar-refractivity contribution in [3.05, 3.63) is 0 Å². The van der Waals surface area contributed by atoms with Gasteiger partial charge in [0, 0.05) is 0 Å². The number of aliphatic hydroxyl groups is 2. The van der Waals surface area contributed by atoms with Gasteiger partial charge in [-0.25, -0.2) is 0 Å². The van der Waals surface area contributed by atoms with Gasteiger partial charge in [0.1, 0.15) is 6.10 Å². The standard InChI is InChI=1S/C6H12O3/c7-3-5(8)4-9-6-1-2-6/h5-8H,1-4H2. The minimum absolute atomic E-state index is 0.202. The molecular formula is C6H12O3. The quantitative estimate of drug-likeness (QED) is 0.543. The molecule has 0 aromatic rings. The summed E-state index contributed by atoms with van der Waals surface area (Å²) >= 11 is 0. The molecule has 0 aromatic heterocycles. The monoisotopic (exact) mass is 132 g/mol. The van der Waals surface area contributed by atoms with Crippen molar-refractivity contribution in [2.45, 2.75) is 25.0 Å². The van der Waals surface area contributed by atoms with Crippen molar-refractivity contribution < 1.29 is 14.9 Å². The number of hydrogen-bond acceptors (Lipinski definition) is 3. The average molecular weight is 132 g/mol. The van der Waals surface area contributed by atoms with Gasteiger partial charge in [0.05, 0.1) is 19.3 Å². The first-order valence-corrected chi connectivity index (χ1v) is 3.23. The molecule has 1 unspecified atom stereocenters. The molecule has 0 aromatic carbocycles. The van der Waals surface area contributed by atoms with E-state index in [-0.39, 0.29) is 13.2 Å². The van der Waals surface area contributed by atoms with Gasteiger partial charge in [-0.3, -0.25) is 0 Å². The minimum Gasteiger partial charge on any atom is -0.394 e. The van der Waals surface area contributed by atoms with Crippen molar-refractivity contribution in [2.75, 3.05) is 13.2 Å². The third-order valence-electron chi connectivity index (χ3n) is 1.26. The second-order valence-electron chi connectivity index (χ2n) is 2.37. The first kappa shape index (κ1) is 6.99. The Bertz CT molecular complexity index is 80.4. The summed E-state index contributed by atoms with van der Waals surface area (Å²) in [5.74, 6) is 0. The third-order valence-corrected chi connectivity index (χ3v) is 1.26. The lowest BCUT2D eigenvalue weighted by Gasteiger charge is -2.05. The van der Waals surface area contributed by atoms with E-state index in [0.717, 1.165) is 12.8 Å². The summed E-state index contributed by atoms with van der Waals surface area (Å²) in [7, 11) is 0. The van der Waals surface area contributed by atoms with E-state index in [4.69, 9.17) is 14.9 Å². The summed E-state index contributed by atoms with van der Waals surface area (Å²) in [5.41, 5.74) is 0. The lowest BCUT2D eigenvalue weighted by molar-refractivity contribution is -0.000178. The average Bonchev–Trinajstić information content (AvgIpc) is 2.65. The molecule has 54 valence electrons. The largest absolute Gasteiger partial charge is 0.394 e. The summed E-state index contributed by atoms with van der Waals surface area (Å²) in [6.07, 6.45) is 1.90. The van der Waals surface area contributed by atoms with E-state index in [2.05, 4.69) is 0 Å². The minimum atomic E-state index is -0.689. The van der Waals surface area contributed by atoms with Gasteiger partial charge in [-0.1, -0.05) is 0 Å². The first-order valence-electron chi connectivity index (χ1n) is 3.23. The van der Waals surface area contributed by atoms with Crippen molar-refractivity contribution in [2.24, 2.45) is 0 Å². The summed E-state index contributed by atoms with van der Waals surface area (Å²) in [6, 6.07) is 0. The predicted octanol–water partition coefficient (Wildman–Crippen LogP) is -0.481. The molecule has 0 saturated heterocycles. The van der Waals surface area contributed by atoms with Crippen molar-refractivity contribution in [1.82, 2.24) is 0 Å².